The van der Waals surface area contributed by atoms with E-state index in [0.717, 1.165) is 24.6 Å². The Morgan fingerprint density at radius 2 is 2.11 bits per heavy atom. The second-order valence-electron chi connectivity index (χ2n) is 5.27. The van der Waals surface area contributed by atoms with Crippen molar-refractivity contribution in [3.8, 4) is 0 Å². The van der Waals surface area contributed by atoms with Gasteiger partial charge in [-0.1, -0.05) is 6.92 Å². The topological polar surface area (TPSA) is 67.1 Å². The van der Waals surface area contributed by atoms with Crippen molar-refractivity contribution in [3.63, 3.8) is 0 Å². The lowest BCUT2D eigenvalue weighted by molar-refractivity contribution is 0.0738. The van der Waals surface area contributed by atoms with E-state index >= 15 is 0 Å². The summed E-state index contributed by atoms with van der Waals surface area (Å²) in [6.07, 6.45) is 4.60. The molecule has 1 aromatic rings. The fourth-order valence-corrected chi connectivity index (χ4v) is 2.39. The molecule has 5 heteroatoms. The van der Waals surface area contributed by atoms with Crippen molar-refractivity contribution in [3.05, 3.63) is 11.9 Å². The van der Waals surface area contributed by atoms with E-state index in [0.29, 0.717) is 5.82 Å². The second-order valence-corrected chi connectivity index (χ2v) is 5.27. The van der Waals surface area contributed by atoms with E-state index in [1.165, 1.54) is 19.3 Å². The first-order valence-corrected chi connectivity index (χ1v) is 6.60. The third kappa shape index (κ3) is 2.56. The van der Waals surface area contributed by atoms with Gasteiger partial charge in [-0.05, 0) is 33.4 Å². The molecule has 1 saturated carbocycles. The molecule has 0 unspecified atom stereocenters. The Bertz CT molecular complexity index is 412. The second kappa shape index (κ2) is 5.10. The Morgan fingerprint density at radius 1 is 1.39 bits per heavy atom. The predicted molar refractivity (Wildman–Crippen MR) is 74.6 cm³/mol. The molecule has 0 atom stereocenters. The van der Waals surface area contributed by atoms with E-state index in [4.69, 9.17) is 5.73 Å². The first kappa shape index (κ1) is 13.1. The van der Waals surface area contributed by atoms with Crippen molar-refractivity contribution in [1.82, 2.24) is 14.9 Å². The van der Waals surface area contributed by atoms with Gasteiger partial charge in [0.15, 0.2) is 0 Å². The van der Waals surface area contributed by atoms with Gasteiger partial charge in [-0.15, -0.1) is 0 Å². The SMILES string of the molecule is CCc1nc(N)cc(NCC2(N(C)C)CCC2)n1. The fraction of sp³-hybridized carbons (Fsp3) is 0.692. The van der Waals surface area contributed by atoms with Gasteiger partial charge < -0.3 is 16.0 Å². The van der Waals surface area contributed by atoms with Crippen LogP contribution in [0.25, 0.3) is 0 Å². The number of nitrogen functional groups attached to an aromatic ring is 1. The van der Waals surface area contributed by atoms with Gasteiger partial charge in [0.2, 0.25) is 0 Å². The van der Waals surface area contributed by atoms with Gasteiger partial charge in [-0.2, -0.15) is 0 Å². The van der Waals surface area contributed by atoms with Crippen molar-refractivity contribution in [2.75, 3.05) is 31.7 Å². The summed E-state index contributed by atoms with van der Waals surface area (Å²) in [4.78, 5) is 10.9. The fourth-order valence-electron chi connectivity index (χ4n) is 2.39. The number of hydrogen-bond donors (Lipinski definition) is 2. The summed E-state index contributed by atoms with van der Waals surface area (Å²) in [6.45, 7) is 2.95. The lowest BCUT2D eigenvalue weighted by Gasteiger charge is -2.47. The highest BCUT2D eigenvalue weighted by Crippen LogP contribution is 2.36. The number of nitrogens with one attached hydrogen (secondary N) is 1. The quantitative estimate of drug-likeness (QED) is 0.828. The van der Waals surface area contributed by atoms with Crippen LogP contribution in [-0.2, 0) is 6.42 Å². The van der Waals surface area contributed by atoms with Crippen molar-refractivity contribution >= 4 is 11.6 Å². The summed E-state index contributed by atoms with van der Waals surface area (Å²) < 4.78 is 0. The Hall–Kier alpha value is -1.36. The van der Waals surface area contributed by atoms with Crippen LogP contribution in [0.2, 0.25) is 0 Å². The maximum atomic E-state index is 5.78. The third-order valence-corrected chi connectivity index (χ3v) is 3.94. The number of hydrogen-bond acceptors (Lipinski definition) is 5. The molecule has 0 aromatic carbocycles. The number of aromatic nitrogens is 2. The number of rotatable bonds is 5. The molecule has 2 rings (SSSR count). The minimum atomic E-state index is 0.284. The lowest BCUT2D eigenvalue weighted by atomic mass is 9.75. The van der Waals surface area contributed by atoms with Crippen LogP contribution >= 0.6 is 0 Å². The minimum Gasteiger partial charge on any atom is -0.384 e. The number of aryl methyl sites for hydroxylation is 1. The molecule has 1 fully saturated rings. The number of likely N-dealkylation sites (N-methyl/N-ethyl adjacent to an activating group) is 1. The summed E-state index contributed by atoms with van der Waals surface area (Å²) in [5, 5.41) is 3.41. The van der Waals surface area contributed by atoms with Crippen LogP contribution in [0.4, 0.5) is 11.6 Å². The average molecular weight is 249 g/mol. The smallest absolute Gasteiger partial charge is 0.132 e. The molecule has 100 valence electrons. The molecule has 1 heterocycles. The van der Waals surface area contributed by atoms with Crippen LogP contribution in [0, 0.1) is 0 Å². The van der Waals surface area contributed by atoms with Gasteiger partial charge in [0, 0.05) is 24.6 Å². The van der Waals surface area contributed by atoms with Gasteiger partial charge in [-0.25, -0.2) is 9.97 Å². The van der Waals surface area contributed by atoms with Gasteiger partial charge in [0.1, 0.15) is 17.5 Å². The zero-order valence-corrected chi connectivity index (χ0v) is 11.5. The van der Waals surface area contributed by atoms with Gasteiger partial charge in [-0.3, -0.25) is 0 Å². The van der Waals surface area contributed by atoms with Crippen molar-refractivity contribution in [2.45, 2.75) is 38.1 Å². The summed E-state index contributed by atoms with van der Waals surface area (Å²) in [5.41, 5.74) is 6.06. The number of nitrogens with two attached hydrogens (primary N) is 1. The van der Waals surface area contributed by atoms with Crippen molar-refractivity contribution in [2.24, 2.45) is 0 Å². The van der Waals surface area contributed by atoms with Crippen LogP contribution in [0.1, 0.15) is 32.0 Å². The monoisotopic (exact) mass is 249 g/mol. The number of nitrogens with zero attached hydrogens (tertiary/aromatic N) is 3. The molecule has 0 saturated heterocycles. The largest absolute Gasteiger partial charge is 0.384 e. The third-order valence-electron chi connectivity index (χ3n) is 3.94. The highest BCUT2D eigenvalue weighted by molar-refractivity contribution is 5.45. The normalized spacial score (nSPS) is 17.6. The number of anilines is 2. The Labute approximate surface area is 109 Å². The van der Waals surface area contributed by atoms with E-state index in [-0.39, 0.29) is 5.54 Å². The first-order chi connectivity index (χ1) is 8.55. The standard InChI is InChI=1S/C13H23N5/c1-4-11-16-10(14)8-12(17-11)15-9-13(18(2)3)6-5-7-13/h8H,4-7,9H2,1-3H3,(H3,14,15,16,17). The van der Waals surface area contributed by atoms with E-state index in [1.807, 2.05) is 6.92 Å². The Kier molecular flexibility index (Phi) is 3.71. The zero-order chi connectivity index (χ0) is 13.2. The van der Waals surface area contributed by atoms with Crippen LogP contribution in [-0.4, -0.2) is 41.0 Å². The molecule has 0 bridgehead atoms. The van der Waals surface area contributed by atoms with Crippen LogP contribution < -0.4 is 11.1 Å². The van der Waals surface area contributed by atoms with E-state index in [9.17, 15) is 0 Å². The van der Waals surface area contributed by atoms with Gasteiger partial charge >= 0.3 is 0 Å². The molecule has 0 amide bonds. The molecule has 0 spiro atoms. The molecule has 0 aliphatic heterocycles. The highest BCUT2D eigenvalue weighted by atomic mass is 15.2. The molecule has 5 nitrogen and oxygen atoms in total. The molecule has 1 aliphatic carbocycles. The molecular weight excluding hydrogens is 226 g/mol. The molecular formula is C13H23N5. The van der Waals surface area contributed by atoms with E-state index in [1.54, 1.807) is 6.07 Å². The van der Waals surface area contributed by atoms with Gasteiger partial charge in [0.05, 0.1) is 0 Å². The summed E-state index contributed by atoms with van der Waals surface area (Å²) >= 11 is 0. The van der Waals surface area contributed by atoms with Crippen LogP contribution in [0.3, 0.4) is 0 Å². The molecule has 3 N–H and O–H groups in total. The van der Waals surface area contributed by atoms with E-state index in [2.05, 4.69) is 34.3 Å². The molecule has 1 aromatic heterocycles. The van der Waals surface area contributed by atoms with Crippen molar-refractivity contribution in [1.29, 1.82) is 0 Å². The zero-order valence-electron chi connectivity index (χ0n) is 11.5. The van der Waals surface area contributed by atoms with E-state index < -0.39 is 0 Å². The Morgan fingerprint density at radius 3 is 2.61 bits per heavy atom. The first-order valence-electron chi connectivity index (χ1n) is 6.60. The summed E-state index contributed by atoms with van der Waals surface area (Å²) in [6, 6.07) is 1.81. The summed E-state index contributed by atoms with van der Waals surface area (Å²) in [5.74, 6) is 2.18. The molecule has 0 radical (unpaired) electrons. The predicted octanol–water partition coefficient (Wildman–Crippen LogP) is 1.52. The Balaban J connectivity index is 2.03. The van der Waals surface area contributed by atoms with Gasteiger partial charge in [0.25, 0.3) is 0 Å². The minimum absolute atomic E-state index is 0.284. The lowest BCUT2D eigenvalue weighted by Crippen LogP contribution is -2.54. The average Bonchev–Trinajstić information content (AvgIpc) is 2.26. The molecule has 18 heavy (non-hydrogen) atoms. The summed E-state index contributed by atoms with van der Waals surface area (Å²) in [7, 11) is 4.29. The maximum absolute atomic E-state index is 5.78. The van der Waals surface area contributed by atoms with Crippen molar-refractivity contribution < 1.29 is 0 Å². The van der Waals surface area contributed by atoms with Crippen LogP contribution in [0.15, 0.2) is 6.07 Å². The molecule has 1 aliphatic rings. The highest BCUT2D eigenvalue weighted by Gasteiger charge is 2.38. The maximum Gasteiger partial charge on any atom is 0.132 e. The van der Waals surface area contributed by atoms with Crippen LogP contribution in [0.5, 0.6) is 0 Å².